The third kappa shape index (κ3) is 4.44. The zero-order chi connectivity index (χ0) is 19.3. The molecule has 1 N–H and O–H groups in total. The van der Waals surface area contributed by atoms with Crippen molar-refractivity contribution in [1.82, 2.24) is 19.7 Å². The van der Waals surface area contributed by atoms with Crippen LogP contribution in [0.1, 0.15) is 30.4 Å². The van der Waals surface area contributed by atoms with Gasteiger partial charge >= 0.3 is 6.03 Å². The fraction of sp³-hybridized carbons (Fsp3) is 0.455. The van der Waals surface area contributed by atoms with Crippen molar-refractivity contribution in [2.45, 2.75) is 38.4 Å². The van der Waals surface area contributed by atoms with Gasteiger partial charge in [0.25, 0.3) is 5.56 Å². The summed E-state index contributed by atoms with van der Waals surface area (Å²) in [5, 5.41) is 3.06. The van der Waals surface area contributed by atoms with Gasteiger partial charge in [-0.25, -0.2) is 4.79 Å². The molecule has 2 aliphatic heterocycles. The van der Waals surface area contributed by atoms with Crippen LogP contribution in [0.25, 0.3) is 0 Å². The highest BCUT2D eigenvalue weighted by Crippen LogP contribution is 2.21. The summed E-state index contributed by atoms with van der Waals surface area (Å²) in [7, 11) is 0. The van der Waals surface area contributed by atoms with Gasteiger partial charge in [-0.15, -0.1) is 0 Å². The quantitative estimate of drug-likeness (QED) is 0.885. The number of piperazine rings is 1. The van der Waals surface area contributed by atoms with Crippen LogP contribution in [-0.4, -0.2) is 52.6 Å². The van der Waals surface area contributed by atoms with E-state index in [1.54, 1.807) is 22.9 Å². The van der Waals surface area contributed by atoms with Crippen molar-refractivity contribution >= 4 is 6.03 Å². The van der Waals surface area contributed by atoms with E-state index in [1.807, 2.05) is 35.2 Å². The Kier molecular flexibility index (Phi) is 5.76. The molecule has 2 aromatic rings. The van der Waals surface area contributed by atoms with Gasteiger partial charge in [0, 0.05) is 44.5 Å². The fourth-order valence-electron chi connectivity index (χ4n) is 4.18. The van der Waals surface area contributed by atoms with Crippen LogP contribution >= 0.6 is 0 Å². The van der Waals surface area contributed by atoms with Crippen molar-refractivity contribution in [3.8, 4) is 0 Å². The number of piperidine rings is 1. The highest BCUT2D eigenvalue weighted by Gasteiger charge is 2.30. The van der Waals surface area contributed by atoms with Gasteiger partial charge in [0.05, 0.1) is 6.54 Å². The summed E-state index contributed by atoms with van der Waals surface area (Å²) in [6.07, 6.45) is 5.56. The maximum absolute atomic E-state index is 12.5. The van der Waals surface area contributed by atoms with Crippen LogP contribution in [0, 0.1) is 0 Å². The Morgan fingerprint density at radius 3 is 2.64 bits per heavy atom. The Morgan fingerprint density at radius 1 is 1.00 bits per heavy atom. The highest BCUT2D eigenvalue weighted by molar-refractivity contribution is 5.74. The first-order chi connectivity index (χ1) is 13.7. The normalized spacial score (nSPS) is 19.9. The number of amides is 2. The summed E-state index contributed by atoms with van der Waals surface area (Å²) < 4.78 is 1.68. The zero-order valence-electron chi connectivity index (χ0n) is 16.2. The molecule has 0 radical (unpaired) electrons. The molecule has 4 rings (SSSR count). The van der Waals surface area contributed by atoms with Crippen LogP contribution in [0.5, 0.6) is 0 Å². The van der Waals surface area contributed by atoms with Gasteiger partial charge in [0.1, 0.15) is 0 Å². The summed E-state index contributed by atoms with van der Waals surface area (Å²) >= 11 is 0. The average Bonchev–Trinajstić information content (AvgIpc) is 2.74. The lowest BCUT2D eigenvalue weighted by Crippen LogP contribution is -2.57. The van der Waals surface area contributed by atoms with Gasteiger partial charge in [0.2, 0.25) is 0 Å². The van der Waals surface area contributed by atoms with Gasteiger partial charge in [-0.2, -0.15) is 0 Å². The third-order valence-electron chi connectivity index (χ3n) is 5.84. The largest absolute Gasteiger partial charge is 0.334 e. The van der Waals surface area contributed by atoms with E-state index >= 15 is 0 Å². The number of hydrogen-bond donors (Lipinski definition) is 1. The van der Waals surface area contributed by atoms with E-state index in [1.165, 1.54) is 25.8 Å². The molecular weight excluding hydrogens is 352 g/mol. The number of carbonyl (C=O) groups excluding carboxylic acids is 1. The molecule has 148 valence electrons. The Bertz CT molecular complexity index is 861. The fourth-order valence-corrected chi connectivity index (χ4v) is 4.18. The number of aromatic nitrogens is 1. The SMILES string of the molecule is O=C(NCc1ccc(Cn2ccccc2=O)cc1)N1CCN2CCCCC2C1. The molecule has 1 unspecified atom stereocenters. The smallest absolute Gasteiger partial charge is 0.317 e. The number of nitrogens with one attached hydrogen (secondary N) is 1. The molecule has 0 spiro atoms. The molecule has 6 nitrogen and oxygen atoms in total. The van der Waals surface area contributed by atoms with Crippen LogP contribution in [-0.2, 0) is 13.1 Å². The topological polar surface area (TPSA) is 57.6 Å². The van der Waals surface area contributed by atoms with Gasteiger partial charge in [-0.05, 0) is 36.6 Å². The number of rotatable bonds is 4. The molecule has 1 aromatic carbocycles. The summed E-state index contributed by atoms with van der Waals surface area (Å²) in [5.41, 5.74) is 2.13. The minimum Gasteiger partial charge on any atom is -0.334 e. The van der Waals surface area contributed by atoms with Crippen molar-refractivity contribution in [3.05, 3.63) is 70.1 Å². The Hall–Kier alpha value is -2.60. The maximum Gasteiger partial charge on any atom is 0.317 e. The monoisotopic (exact) mass is 380 g/mol. The molecule has 3 heterocycles. The first kappa shape index (κ1) is 18.7. The lowest BCUT2D eigenvalue weighted by molar-refractivity contribution is 0.0643. The van der Waals surface area contributed by atoms with Gasteiger partial charge in [-0.3, -0.25) is 9.69 Å². The predicted octanol–water partition coefficient (Wildman–Crippen LogP) is 2.28. The van der Waals surface area contributed by atoms with E-state index in [4.69, 9.17) is 0 Å². The lowest BCUT2D eigenvalue weighted by Gasteiger charge is -2.43. The van der Waals surface area contributed by atoms with Crippen molar-refractivity contribution < 1.29 is 4.79 Å². The first-order valence-electron chi connectivity index (χ1n) is 10.2. The number of benzene rings is 1. The van der Waals surface area contributed by atoms with Gasteiger partial charge in [0.15, 0.2) is 0 Å². The second-order valence-corrected chi connectivity index (χ2v) is 7.77. The summed E-state index contributed by atoms with van der Waals surface area (Å²) in [5.74, 6) is 0. The molecule has 0 saturated carbocycles. The molecule has 0 bridgehead atoms. The molecule has 6 heteroatoms. The van der Waals surface area contributed by atoms with Crippen molar-refractivity contribution in [3.63, 3.8) is 0 Å². The standard InChI is InChI=1S/C22H28N4O2/c27-21-6-2-4-12-25(21)16-19-9-7-18(8-10-19)15-23-22(28)26-14-13-24-11-3-1-5-20(24)17-26/h2,4,6-10,12,20H,1,3,5,11,13-17H2,(H,23,28). The van der Waals surface area contributed by atoms with Crippen LogP contribution in [0.3, 0.4) is 0 Å². The number of urea groups is 1. The van der Waals surface area contributed by atoms with Crippen LogP contribution < -0.4 is 10.9 Å². The summed E-state index contributed by atoms with van der Waals surface area (Å²) in [4.78, 5) is 28.9. The first-order valence-corrected chi connectivity index (χ1v) is 10.2. The van der Waals surface area contributed by atoms with E-state index in [-0.39, 0.29) is 11.6 Å². The van der Waals surface area contributed by atoms with E-state index in [2.05, 4.69) is 10.2 Å². The molecule has 1 aromatic heterocycles. The summed E-state index contributed by atoms with van der Waals surface area (Å²) in [6.45, 7) is 4.91. The van der Waals surface area contributed by atoms with Crippen LogP contribution in [0.2, 0.25) is 0 Å². The second kappa shape index (κ2) is 8.61. The van der Waals surface area contributed by atoms with Crippen LogP contribution in [0.4, 0.5) is 4.79 Å². The van der Waals surface area contributed by atoms with E-state index < -0.39 is 0 Å². The lowest BCUT2D eigenvalue weighted by atomic mass is 10.00. The molecule has 2 saturated heterocycles. The Morgan fingerprint density at radius 2 is 1.82 bits per heavy atom. The summed E-state index contributed by atoms with van der Waals surface area (Å²) in [6, 6.07) is 13.8. The second-order valence-electron chi connectivity index (χ2n) is 7.77. The Labute approximate surface area is 165 Å². The van der Waals surface area contributed by atoms with Crippen molar-refractivity contribution in [1.29, 1.82) is 0 Å². The number of hydrogen-bond acceptors (Lipinski definition) is 3. The number of fused-ring (bicyclic) bond motifs is 1. The highest BCUT2D eigenvalue weighted by atomic mass is 16.2. The minimum absolute atomic E-state index is 0.00287. The molecule has 2 fully saturated rings. The Balaban J connectivity index is 1.28. The molecule has 28 heavy (non-hydrogen) atoms. The number of carbonyl (C=O) groups is 1. The average molecular weight is 380 g/mol. The zero-order valence-corrected chi connectivity index (χ0v) is 16.2. The third-order valence-corrected chi connectivity index (χ3v) is 5.84. The van der Waals surface area contributed by atoms with E-state index in [0.717, 1.165) is 30.8 Å². The molecule has 2 amide bonds. The minimum atomic E-state index is -0.00287. The van der Waals surface area contributed by atoms with Gasteiger partial charge in [-0.1, -0.05) is 36.8 Å². The van der Waals surface area contributed by atoms with Crippen molar-refractivity contribution in [2.75, 3.05) is 26.2 Å². The predicted molar refractivity (Wildman–Crippen MR) is 109 cm³/mol. The van der Waals surface area contributed by atoms with Gasteiger partial charge < -0.3 is 14.8 Å². The molecular formula is C22H28N4O2. The maximum atomic E-state index is 12.5. The molecule has 0 aliphatic carbocycles. The molecule has 1 atom stereocenters. The molecule has 2 aliphatic rings. The van der Waals surface area contributed by atoms with E-state index in [9.17, 15) is 9.59 Å². The van der Waals surface area contributed by atoms with Crippen LogP contribution in [0.15, 0.2) is 53.5 Å². The van der Waals surface area contributed by atoms with E-state index in [0.29, 0.717) is 19.1 Å². The number of nitrogens with zero attached hydrogens (tertiary/aromatic N) is 3. The van der Waals surface area contributed by atoms with Crippen molar-refractivity contribution in [2.24, 2.45) is 0 Å². The number of pyridine rings is 1.